The summed E-state index contributed by atoms with van der Waals surface area (Å²) in [6, 6.07) is 1.82. The third kappa shape index (κ3) is 3.98. The van der Waals surface area contributed by atoms with E-state index in [1.807, 2.05) is 18.7 Å². The highest BCUT2D eigenvalue weighted by molar-refractivity contribution is 5.50. The molecule has 2 rings (SSSR count). The molecule has 1 aliphatic rings. The fraction of sp³-hybridized carbons (Fsp3) is 0.714. The second-order valence-electron chi connectivity index (χ2n) is 5.40. The van der Waals surface area contributed by atoms with Gasteiger partial charge in [-0.3, -0.25) is 0 Å². The summed E-state index contributed by atoms with van der Waals surface area (Å²) in [7, 11) is 0. The molecule has 118 valence electrons. The molecule has 1 aliphatic heterocycles. The molecule has 1 aromatic rings. The first-order valence-corrected chi connectivity index (χ1v) is 7.38. The summed E-state index contributed by atoms with van der Waals surface area (Å²) in [5, 5.41) is 2.92. The maximum atomic E-state index is 13.0. The Hall–Kier alpha value is -1.53. The number of rotatable bonds is 4. The summed E-state index contributed by atoms with van der Waals surface area (Å²) in [5.41, 5.74) is 0. The zero-order chi connectivity index (χ0) is 15.5. The van der Waals surface area contributed by atoms with Crippen molar-refractivity contribution >= 4 is 11.6 Å². The highest BCUT2D eigenvalue weighted by Crippen LogP contribution is 2.31. The van der Waals surface area contributed by atoms with E-state index in [9.17, 15) is 13.2 Å². The van der Waals surface area contributed by atoms with Crippen LogP contribution >= 0.6 is 0 Å². The molecule has 2 heterocycles. The fourth-order valence-corrected chi connectivity index (χ4v) is 2.49. The number of nitrogens with zero attached hydrogens (tertiary/aromatic N) is 3. The van der Waals surface area contributed by atoms with Gasteiger partial charge in [-0.25, -0.2) is 9.97 Å². The van der Waals surface area contributed by atoms with E-state index in [1.165, 1.54) is 0 Å². The van der Waals surface area contributed by atoms with Gasteiger partial charge in [0.2, 0.25) is 5.82 Å². The number of aromatic nitrogens is 2. The first-order valence-electron chi connectivity index (χ1n) is 7.38. The molecule has 21 heavy (non-hydrogen) atoms. The van der Waals surface area contributed by atoms with Gasteiger partial charge < -0.3 is 10.2 Å². The fourth-order valence-electron chi connectivity index (χ4n) is 2.49. The molecular weight excluding hydrogens is 281 g/mol. The van der Waals surface area contributed by atoms with Gasteiger partial charge >= 0.3 is 6.18 Å². The van der Waals surface area contributed by atoms with Crippen molar-refractivity contribution in [2.75, 3.05) is 23.3 Å². The molecule has 0 spiro atoms. The quantitative estimate of drug-likeness (QED) is 0.921. The highest BCUT2D eigenvalue weighted by atomic mass is 19.4. The smallest absolute Gasteiger partial charge is 0.370 e. The van der Waals surface area contributed by atoms with Gasteiger partial charge in [-0.05, 0) is 32.6 Å². The Morgan fingerprint density at radius 1 is 1.33 bits per heavy atom. The maximum absolute atomic E-state index is 13.0. The van der Waals surface area contributed by atoms with Crippen molar-refractivity contribution < 1.29 is 13.2 Å². The van der Waals surface area contributed by atoms with Crippen molar-refractivity contribution in [2.45, 2.75) is 51.7 Å². The molecule has 0 saturated carbocycles. The third-order valence-corrected chi connectivity index (χ3v) is 3.62. The van der Waals surface area contributed by atoms with Gasteiger partial charge in [0.15, 0.2) is 0 Å². The Morgan fingerprint density at radius 3 is 2.71 bits per heavy atom. The number of piperidine rings is 1. The van der Waals surface area contributed by atoms with E-state index in [1.54, 1.807) is 6.07 Å². The zero-order valence-electron chi connectivity index (χ0n) is 12.4. The molecule has 1 fully saturated rings. The number of alkyl halides is 3. The Kier molecular flexibility index (Phi) is 4.90. The number of nitrogens with one attached hydrogen (secondary N) is 1. The Labute approximate surface area is 122 Å². The molecule has 1 atom stereocenters. The lowest BCUT2D eigenvalue weighted by atomic mass is 10.0. The molecule has 0 radical (unpaired) electrons. The zero-order valence-corrected chi connectivity index (χ0v) is 12.4. The van der Waals surface area contributed by atoms with Crippen molar-refractivity contribution in [2.24, 2.45) is 0 Å². The van der Waals surface area contributed by atoms with E-state index < -0.39 is 12.0 Å². The summed E-state index contributed by atoms with van der Waals surface area (Å²) in [5.74, 6) is -0.466. The van der Waals surface area contributed by atoms with Crippen molar-refractivity contribution in [3.63, 3.8) is 0 Å². The van der Waals surface area contributed by atoms with Crippen LogP contribution in [0, 0.1) is 0 Å². The highest BCUT2D eigenvalue weighted by Gasteiger charge is 2.36. The minimum absolute atomic E-state index is 0.203. The topological polar surface area (TPSA) is 41.0 Å². The van der Waals surface area contributed by atoms with Gasteiger partial charge in [0.25, 0.3) is 0 Å². The molecule has 1 saturated heterocycles. The van der Waals surface area contributed by atoms with Gasteiger partial charge in [-0.2, -0.15) is 13.2 Å². The lowest BCUT2D eigenvalue weighted by molar-refractivity contribution is -0.144. The maximum Gasteiger partial charge on any atom is 0.451 e. The lowest BCUT2D eigenvalue weighted by Crippen LogP contribution is -2.38. The van der Waals surface area contributed by atoms with E-state index in [0.717, 1.165) is 32.2 Å². The molecule has 7 heteroatoms. The van der Waals surface area contributed by atoms with E-state index in [0.29, 0.717) is 12.4 Å². The van der Waals surface area contributed by atoms with Crippen LogP contribution in [0.3, 0.4) is 0 Å². The van der Waals surface area contributed by atoms with Crippen LogP contribution in [0.1, 0.15) is 45.4 Å². The SMILES string of the molecule is CCCNc1cc(N2CCCCC2C)nc(C(F)(F)F)n1. The molecule has 1 aromatic heterocycles. The van der Waals surface area contributed by atoms with Gasteiger partial charge in [0, 0.05) is 25.2 Å². The summed E-state index contributed by atoms with van der Waals surface area (Å²) in [6.45, 7) is 5.30. The largest absolute Gasteiger partial charge is 0.451 e. The van der Waals surface area contributed by atoms with Crippen LogP contribution < -0.4 is 10.2 Å². The molecule has 4 nitrogen and oxygen atoms in total. The monoisotopic (exact) mass is 302 g/mol. The molecule has 0 aliphatic carbocycles. The van der Waals surface area contributed by atoms with E-state index >= 15 is 0 Å². The minimum atomic E-state index is -4.53. The van der Waals surface area contributed by atoms with Crippen molar-refractivity contribution in [3.05, 3.63) is 11.9 Å². The predicted octanol–water partition coefficient (Wildman–Crippen LogP) is 3.70. The van der Waals surface area contributed by atoms with Crippen molar-refractivity contribution in [1.29, 1.82) is 0 Å². The van der Waals surface area contributed by atoms with Gasteiger partial charge in [0.05, 0.1) is 0 Å². The van der Waals surface area contributed by atoms with Crippen LogP contribution in [0.5, 0.6) is 0 Å². The van der Waals surface area contributed by atoms with Gasteiger partial charge in [0.1, 0.15) is 11.6 Å². The Balaban J connectivity index is 2.34. The molecule has 1 N–H and O–H groups in total. The molecule has 0 bridgehead atoms. The van der Waals surface area contributed by atoms with E-state index in [4.69, 9.17) is 0 Å². The normalized spacial score (nSPS) is 19.7. The Morgan fingerprint density at radius 2 is 2.10 bits per heavy atom. The van der Waals surface area contributed by atoms with Crippen LogP contribution in [0.15, 0.2) is 6.07 Å². The summed E-state index contributed by atoms with van der Waals surface area (Å²) < 4.78 is 38.9. The third-order valence-electron chi connectivity index (χ3n) is 3.62. The Bertz CT molecular complexity index is 476. The van der Waals surface area contributed by atoms with Crippen LogP contribution in [0.25, 0.3) is 0 Å². The van der Waals surface area contributed by atoms with Crippen LogP contribution in [0.2, 0.25) is 0 Å². The molecule has 1 unspecified atom stereocenters. The molecule has 0 amide bonds. The standard InChI is InChI=1S/C14H21F3N4/c1-3-7-18-11-9-12(20-13(19-11)14(15,16)17)21-8-5-4-6-10(21)2/h9-10H,3-8H2,1-2H3,(H,18,19,20). The van der Waals surface area contributed by atoms with Crippen LogP contribution in [-0.2, 0) is 6.18 Å². The summed E-state index contributed by atoms with van der Waals surface area (Å²) in [6.07, 6.45) is -0.648. The van der Waals surface area contributed by atoms with Gasteiger partial charge in [-0.15, -0.1) is 0 Å². The van der Waals surface area contributed by atoms with Crippen molar-refractivity contribution in [3.8, 4) is 0 Å². The first-order chi connectivity index (χ1) is 9.91. The number of hydrogen-bond acceptors (Lipinski definition) is 4. The number of halogens is 3. The van der Waals surface area contributed by atoms with E-state index in [2.05, 4.69) is 15.3 Å². The lowest BCUT2D eigenvalue weighted by Gasteiger charge is -2.34. The minimum Gasteiger partial charge on any atom is -0.370 e. The second-order valence-corrected chi connectivity index (χ2v) is 5.40. The number of anilines is 2. The van der Waals surface area contributed by atoms with Gasteiger partial charge in [-0.1, -0.05) is 6.92 Å². The van der Waals surface area contributed by atoms with E-state index in [-0.39, 0.29) is 11.9 Å². The van der Waals surface area contributed by atoms with Crippen molar-refractivity contribution in [1.82, 2.24) is 9.97 Å². The second kappa shape index (κ2) is 6.49. The van der Waals surface area contributed by atoms with Crippen LogP contribution in [0.4, 0.5) is 24.8 Å². The average molecular weight is 302 g/mol. The average Bonchev–Trinajstić information content (AvgIpc) is 2.44. The predicted molar refractivity (Wildman–Crippen MR) is 76.5 cm³/mol. The summed E-state index contributed by atoms with van der Waals surface area (Å²) >= 11 is 0. The summed E-state index contributed by atoms with van der Waals surface area (Å²) in [4.78, 5) is 9.27. The molecular formula is C14H21F3N4. The van der Waals surface area contributed by atoms with Crippen LogP contribution in [-0.4, -0.2) is 29.1 Å². The number of hydrogen-bond donors (Lipinski definition) is 1. The molecule has 0 aromatic carbocycles. The first kappa shape index (κ1) is 15.9.